The minimum absolute atomic E-state index is 0.0783. The van der Waals surface area contributed by atoms with E-state index in [9.17, 15) is 9.59 Å². The number of hydrogen-bond acceptors (Lipinski definition) is 6. The van der Waals surface area contributed by atoms with Crippen LogP contribution in [0.5, 0.6) is 0 Å². The highest BCUT2D eigenvalue weighted by Gasteiger charge is 2.24. The van der Waals surface area contributed by atoms with Crippen LogP contribution in [0.25, 0.3) is 0 Å². The van der Waals surface area contributed by atoms with E-state index >= 15 is 0 Å². The van der Waals surface area contributed by atoms with Crippen molar-refractivity contribution in [1.29, 1.82) is 0 Å². The summed E-state index contributed by atoms with van der Waals surface area (Å²) in [6.45, 7) is 5.59. The van der Waals surface area contributed by atoms with E-state index in [1.165, 1.54) is 24.6 Å². The standard InChI is InChI=1S/C19H26N6O2S/c1-12-7-6-8-13(2)17(12)21-16(26)11-20-18(27)14(3)28-19-22-23-24-25(19)15-9-4-5-10-15/h6-8,14-15H,4-5,9-11H2,1-3H3,(H,20,27)(H,21,26). The summed E-state index contributed by atoms with van der Waals surface area (Å²) in [6.07, 6.45) is 4.50. The normalized spacial score (nSPS) is 15.4. The number of rotatable bonds is 7. The number of tetrazole rings is 1. The summed E-state index contributed by atoms with van der Waals surface area (Å²) in [5.41, 5.74) is 2.77. The summed E-state index contributed by atoms with van der Waals surface area (Å²) >= 11 is 1.32. The lowest BCUT2D eigenvalue weighted by Crippen LogP contribution is -2.37. The number of para-hydroxylation sites is 1. The van der Waals surface area contributed by atoms with E-state index in [-0.39, 0.29) is 18.4 Å². The molecule has 1 unspecified atom stereocenters. The minimum atomic E-state index is -0.404. The molecule has 8 nitrogen and oxygen atoms in total. The number of hydrogen-bond donors (Lipinski definition) is 2. The number of carbonyl (C=O) groups is 2. The maximum Gasteiger partial charge on any atom is 0.243 e. The van der Waals surface area contributed by atoms with Crippen molar-refractivity contribution >= 4 is 29.3 Å². The molecule has 1 aliphatic rings. The van der Waals surface area contributed by atoms with Crippen molar-refractivity contribution in [2.45, 2.75) is 62.9 Å². The zero-order valence-corrected chi connectivity index (χ0v) is 17.3. The zero-order valence-electron chi connectivity index (χ0n) is 16.4. The lowest BCUT2D eigenvalue weighted by atomic mass is 10.1. The Bertz CT molecular complexity index is 826. The van der Waals surface area contributed by atoms with Crippen molar-refractivity contribution < 1.29 is 9.59 Å². The topological polar surface area (TPSA) is 102 Å². The van der Waals surface area contributed by atoms with Gasteiger partial charge in [-0.15, -0.1) is 5.10 Å². The Balaban J connectivity index is 1.51. The Morgan fingerprint density at radius 3 is 2.61 bits per heavy atom. The van der Waals surface area contributed by atoms with Crippen LogP contribution in [0.1, 0.15) is 49.8 Å². The molecule has 1 atom stereocenters. The Kier molecular flexibility index (Phi) is 6.66. The van der Waals surface area contributed by atoms with Crippen LogP contribution in [-0.4, -0.2) is 43.8 Å². The first kappa shape index (κ1) is 20.3. The molecule has 0 spiro atoms. The maximum absolute atomic E-state index is 12.4. The van der Waals surface area contributed by atoms with Crippen molar-refractivity contribution in [3.8, 4) is 0 Å². The fourth-order valence-corrected chi connectivity index (χ4v) is 4.24. The number of benzene rings is 1. The lowest BCUT2D eigenvalue weighted by molar-refractivity contribution is -0.123. The molecular formula is C19H26N6O2S. The number of carbonyl (C=O) groups excluding carboxylic acids is 2. The SMILES string of the molecule is Cc1cccc(C)c1NC(=O)CNC(=O)C(C)Sc1nnnn1C1CCCC1. The first-order valence-corrected chi connectivity index (χ1v) is 10.4. The van der Waals surface area contributed by atoms with E-state index in [0.717, 1.165) is 29.7 Å². The second-order valence-corrected chi connectivity index (χ2v) is 8.45. The molecule has 9 heteroatoms. The summed E-state index contributed by atoms with van der Waals surface area (Å²) in [4.78, 5) is 24.6. The summed E-state index contributed by atoms with van der Waals surface area (Å²) in [5.74, 6) is -0.471. The van der Waals surface area contributed by atoms with Gasteiger partial charge in [0.05, 0.1) is 17.8 Å². The second-order valence-electron chi connectivity index (χ2n) is 7.14. The van der Waals surface area contributed by atoms with E-state index in [1.807, 2.05) is 36.7 Å². The van der Waals surface area contributed by atoms with Gasteiger partial charge < -0.3 is 10.6 Å². The molecule has 2 aromatic rings. The van der Waals surface area contributed by atoms with Gasteiger partial charge in [-0.25, -0.2) is 4.68 Å². The van der Waals surface area contributed by atoms with Gasteiger partial charge in [0.2, 0.25) is 17.0 Å². The molecule has 1 heterocycles. The van der Waals surface area contributed by atoms with Crippen LogP contribution >= 0.6 is 11.8 Å². The molecule has 0 radical (unpaired) electrons. The van der Waals surface area contributed by atoms with Gasteiger partial charge in [-0.05, 0) is 55.2 Å². The fourth-order valence-electron chi connectivity index (χ4n) is 3.36. The van der Waals surface area contributed by atoms with E-state index in [2.05, 4.69) is 26.2 Å². The highest BCUT2D eigenvalue weighted by molar-refractivity contribution is 8.00. The van der Waals surface area contributed by atoms with E-state index in [1.54, 1.807) is 6.92 Å². The predicted molar refractivity (Wildman–Crippen MR) is 108 cm³/mol. The number of nitrogens with one attached hydrogen (secondary N) is 2. The molecule has 0 bridgehead atoms. The fraction of sp³-hybridized carbons (Fsp3) is 0.526. The van der Waals surface area contributed by atoms with Crippen LogP contribution in [0.3, 0.4) is 0 Å². The average Bonchev–Trinajstić information content (AvgIpc) is 3.34. The van der Waals surface area contributed by atoms with Crippen LogP contribution in [0.4, 0.5) is 5.69 Å². The predicted octanol–water partition coefficient (Wildman–Crippen LogP) is 2.64. The Morgan fingerprint density at radius 1 is 1.25 bits per heavy atom. The highest BCUT2D eigenvalue weighted by Crippen LogP contribution is 2.32. The molecule has 1 aromatic heterocycles. The Hall–Kier alpha value is -2.42. The van der Waals surface area contributed by atoms with Crippen molar-refractivity contribution in [2.75, 3.05) is 11.9 Å². The first-order chi connectivity index (χ1) is 13.5. The number of anilines is 1. The van der Waals surface area contributed by atoms with Gasteiger partial charge in [-0.2, -0.15) is 0 Å². The third-order valence-electron chi connectivity index (χ3n) is 4.95. The molecule has 2 N–H and O–H groups in total. The van der Waals surface area contributed by atoms with Crippen LogP contribution in [0.15, 0.2) is 23.4 Å². The third-order valence-corrected chi connectivity index (χ3v) is 6.00. The molecule has 0 saturated heterocycles. The van der Waals surface area contributed by atoms with Gasteiger partial charge in [0.1, 0.15) is 0 Å². The summed E-state index contributed by atoms with van der Waals surface area (Å²) in [5, 5.41) is 17.7. The minimum Gasteiger partial charge on any atom is -0.346 e. The molecule has 150 valence electrons. The number of aryl methyl sites for hydroxylation is 2. The molecule has 28 heavy (non-hydrogen) atoms. The number of amides is 2. The molecule has 3 rings (SSSR count). The van der Waals surface area contributed by atoms with Crippen LogP contribution < -0.4 is 10.6 Å². The van der Waals surface area contributed by atoms with Gasteiger partial charge in [0.25, 0.3) is 0 Å². The van der Waals surface area contributed by atoms with Gasteiger partial charge in [-0.3, -0.25) is 9.59 Å². The molecule has 1 aliphatic carbocycles. The molecule has 0 aliphatic heterocycles. The number of aromatic nitrogens is 4. The van der Waals surface area contributed by atoms with E-state index < -0.39 is 5.25 Å². The molecule has 1 aromatic carbocycles. The second kappa shape index (κ2) is 9.18. The third kappa shape index (κ3) is 4.89. The van der Waals surface area contributed by atoms with Crippen LogP contribution in [-0.2, 0) is 9.59 Å². The van der Waals surface area contributed by atoms with Gasteiger partial charge in [-0.1, -0.05) is 42.8 Å². The summed E-state index contributed by atoms with van der Waals surface area (Å²) < 4.78 is 1.83. The van der Waals surface area contributed by atoms with E-state index in [0.29, 0.717) is 11.2 Å². The first-order valence-electron chi connectivity index (χ1n) is 9.54. The van der Waals surface area contributed by atoms with Crippen LogP contribution in [0, 0.1) is 13.8 Å². The smallest absolute Gasteiger partial charge is 0.243 e. The van der Waals surface area contributed by atoms with Crippen LogP contribution in [0.2, 0.25) is 0 Å². The molecule has 2 amide bonds. The van der Waals surface area contributed by atoms with Crippen molar-refractivity contribution in [1.82, 2.24) is 25.5 Å². The Labute approximate surface area is 168 Å². The summed E-state index contributed by atoms with van der Waals surface area (Å²) in [6, 6.07) is 6.14. The largest absolute Gasteiger partial charge is 0.346 e. The number of nitrogens with zero attached hydrogens (tertiary/aromatic N) is 4. The Morgan fingerprint density at radius 2 is 1.93 bits per heavy atom. The van der Waals surface area contributed by atoms with Crippen molar-refractivity contribution in [2.24, 2.45) is 0 Å². The highest BCUT2D eigenvalue weighted by atomic mass is 32.2. The molecule has 1 fully saturated rings. The van der Waals surface area contributed by atoms with E-state index in [4.69, 9.17) is 0 Å². The lowest BCUT2D eigenvalue weighted by Gasteiger charge is -2.15. The van der Waals surface area contributed by atoms with Gasteiger partial charge >= 0.3 is 0 Å². The average molecular weight is 403 g/mol. The molecule has 1 saturated carbocycles. The van der Waals surface area contributed by atoms with Gasteiger partial charge in [0.15, 0.2) is 0 Å². The maximum atomic E-state index is 12.4. The monoisotopic (exact) mass is 402 g/mol. The zero-order chi connectivity index (χ0) is 20.1. The van der Waals surface area contributed by atoms with Crippen molar-refractivity contribution in [3.63, 3.8) is 0 Å². The number of thioether (sulfide) groups is 1. The quantitative estimate of drug-likeness (QED) is 0.691. The van der Waals surface area contributed by atoms with Gasteiger partial charge in [0, 0.05) is 5.69 Å². The van der Waals surface area contributed by atoms with Crippen molar-refractivity contribution in [3.05, 3.63) is 29.3 Å². The summed E-state index contributed by atoms with van der Waals surface area (Å²) in [7, 11) is 0. The molecular weight excluding hydrogens is 376 g/mol.